The average Bonchev–Trinajstić information content (AvgIpc) is 2.33. The highest BCUT2D eigenvalue weighted by Crippen LogP contribution is 2.33. The molecule has 0 spiro atoms. The van der Waals surface area contributed by atoms with Gasteiger partial charge in [-0.1, -0.05) is 20.8 Å². The first-order chi connectivity index (χ1) is 5.47. The second-order valence-corrected chi connectivity index (χ2v) is 4.28. The van der Waals surface area contributed by atoms with Gasteiger partial charge in [0, 0.05) is 26.8 Å². The molecule has 12 heavy (non-hydrogen) atoms. The van der Waals surface area contributed by atoms with Gasteiger partial charge in [0.1, 0.15) is 0 Å². The fourth-order valence-corrected chi connectivity index (χ4v) is 1.34. The molecular formula is C10H20N2. The summed E-state index contributed by atoms with van der Waals surface area (Å²) in [4.78, 5) is 0. The zero-order valence-electron chi connectivity index (χ0n) is 8.89. The molecule has 0 aromatic heterocycles. The predicted octanol–water partition coefficient (Wildman–Crippen LogP) is 2.10. The molecule has 1 aliphatic rings. The first-order valence-electron chi connectivity index (χ1n) is 4.62. The highest BCUT2D eigenvalue weighted by atomic mass is 15.6. The van der Waals surface area contributed by atoms with E-state index in [0.29, 0.717) is 5.41 Å². The number of nitrogens with zero attached hydrogens (tertiary/aromatic N) is 2. The molecule has 0 N–H and O–H groups in total. The summed E-state index contributed by atoms with van der Waals surface area (Å²) in [6, 6.07) is 0. The number of rotatable bonds is 2. The van der Waals surface area contributed by atoms with Crippen LogP contribution in [-0.4, -0.2) is 30.7 Å². The second kappa shape index (κ2) is 3.09. The van der Waals surface area contributed by atoms with Gasteiger partial charge in [-0.2, -0.15) is 0 Å². The minimum atomic E-state index is 0.360. The van der Waals surface area contributed by atoms with Gasteiger partial charge in [-0.25, -0.2) is 5.01 Å². The van der Waals surface area contributed by atoms with Crippen molar-refractivity contribution in [3.8, 4) is 0 Å². The van der Waals surface area contributed by atoms with Crippen molar-refractivity contribution in [1.82, 2.24) is 10.0 Å². The van der Waals surface area contributed by atoms with E-state index in [0.717, 1.165) is 6.54 Å². The molecule has 70 valence electrons. The topological polar surface area (TPSA) is 6.48 Å². The molecule has 1 rings (SSSR count). The normalized spacial score (nSPS) is 20.1. The van der Waals surface area contributed by atoms with Gasteiger partial charge in [-0.05, 0) is 17.4 Å². The van der Waals surface area contributed by atoms with Crippen LogP contribution < -0.4 is 0 Å². The van der Waals surface area contributed by atoms with Gasteiger partial charge in [0.05, 0.1) is 0 Å². The predicted molar refractivity (Wildman–Crippen MR) is 52.5 cm³/mol. The van der Waals surface area contributed by atoms with E-state index >= 15 is 0 Å². The van der Waals surface area contributed by atoms with Gasteiger partial charge in [0.25, 0.3) is 0 Å². The van der Waals surface area contributed by atoms with Gasteiger partial charge < -0.3 is 5.01 Å². The van der Waals surface area contributed by atoms with Crippen molar-refractivity contribution in [3.05, 3.63) is 11.8 Å². The average molecular weight is 168 g/mol. The van der Waals surface area contributed by atoms with E-state index in [1.807, 2.05) is 0 Å². The lowest BCUT2D eigenvalue weighted by molar-refractivity contribution is 0.114. The van der Waals surface area contributed by atoms with Gasteiger partial charge in [-0.15, -0.1) is 0 Å². The van der Waals surface area contributed by atoms with E-state index in [1.54, 1.807) is 0 Å². The molecule has 0 saturated carbocycles. The van der Waals surface area contributed by atoms with E-state index in [-0.39, 0.29) is 0 Å². The van der Waals surface area contributed by atoms with Crippen molar-refractivity contribution < 1.29 is 0 Å². The number of hydrogen-bond acceptors (Lipinski definition) is 2. The molecule has 0 aromatic rings. The standard InChI is InChI=1S/C10H20N2/c1-6-10(2,3)9-7-11(4)12(5)8-9/h7H,6,8H2,1-5H3. The molecule has 0 amide bonds. The van der Waals surface area contributed by atoms with E-state index < -0.39 is 0 Å². The summed E-state index contributed by atoms with van der Waals surface area (Å²) >= 11 is 0. The van der Waals surface area contributed by atoms with Crippen LogP contribution in [0.5, 0.6) is 0 Å². The number of hydrogen-bond donors (Lipinski definition) is 0. The molecule has 0 saturated heterocycles. The first kappa shape index (κ1) is 9.59. The molecule has 0 aromatic carbocycles. The summed E-state index contributed by atoms with van der Waals surface area (Å²) in [6.07, 6.45) is 3.46. The largest absolute Gasteiger partial charge is 0.316 e. The Hall–Kier alpha value is -0.500. The summed E-state index contributed by atoms with van der Waals surface area (Å²) in [5.41, 5.74) is 1.90. The molecule has 1 aliphatic heterocycles. The number of hydrazine groups is 1. The fraction of sp³-hybridized carbons (Fsp3) is 0.800. The van der Waals surface area contributed by atoms with Crippen molar-refractivity contribution in [2.75, 3.05) is 20.6 Å². The van der Waals surface area contributed by atoms with Gasteiger partial charge in [-0.3, -0.25) is 0 Å². The first-order valence-corrected chi connectivity index (χ1v) is 4.62. The minimum Gasteiger partial charge on any atom is -0.316 e. The maximum Gasteiger partial charge on any atom is 0.0410 e. The second-order valence-electron chi connectivity index (χ2n) is 4.28. The highest BCUT2D eigenvalue weighted by Gasteiger charge is 2.27. The lowest BCUT2D eigenvalue weighted by atomic mass is 9.82. The van der Waals surface area contributed by atoms with Crippen LogP contribution in [0.4, 0.5) is 0 Å². The molecule has 1 heterocycles. The Morgan fingerprint density at radius 2 is 2.00 bits per heavy atom. The van der Waals surface area contributed by atoms with Gasteiger partial charge in [0.15, 0.2) is 0 Å². The summed E-state index contributed by atoms with van der Waals surface area (Å²) in [7, 11) is 4.22. The summed E-state index contributed by atoms with van der Waals surface area (Å²) in [6.45, 7) is 7.95. The van der Waals surface area contributed by atoms with Crippen molar-refractivity contribution in [1.29, 1.82) is 0 Å². The van der Waals surface area contributed by atoms with Gasteiger partial charge in [0.2, 0.25) is 0 Å². The zero-order valence-corrected chi connectivity index (χ0v) is 8.89. The maximum atomic E-state index is 2.31. The lowest BCUT2D eigenvalue weighted by Gasteiger charge is -2.24. The molecule has 2 heteroatoms. The van der Waals surface area contributed by atoms with Crippen LogP contribution in [0, 0.1) is 5.41 Å². The SMILES string of the molecule is CCC(C)(C)C1=CN(C)N(C)C1. The Morgan fingerprint density at radius 1 is 1.42 bits per heavy atom. The maximum absolute atomic E-state index is 2.31. The van der Waals surface area contributed by atoms with E-state index in [4.69, 9.17) is 0 Å². The number of likely N-dealkylation sites (N-methyl/N-ethyl adjacent to an activating group) is 1. The van der Waals surface area contributed by atoms with Crippen molar-refractivity contribution in [2.45, 2.75) is 27.2 Å². The van der Waals surface area contributed by atoms with Crippen LogP contribution in [0.15, 0.2) is 11.8 Å². The van der Waals surface area contributed by atoms with E-state index in [1.165, 1.54) is 12.0 Å². The summed E-state index contributed by atoms with van der Waals surface area (Å²) in [5, 5.41) is 4.39. The molecule has 0 atom stereocenters. The molecule has 0 radical (unpaired) electrons. The monoisotopic (exact) mass is 168 g/mol. The van der Waals surface area contributed by atoms with Gasteiger partial charge >= 0.3 is 0 Å². The third-order valence-corrected chi connectivity index (χ3v) is 3.03. The van der Waals surface area contributed by atoms with Crippen LogP contribution in [0.3, 0.4) is 0 Å². The quantitative estimate of drug-likeness (QED) is 0.623. The van der Waals surface area contributed by atoms with Crippen LogP contribution >= 0.6 is 0 Å². The fourth-order valence-electron chi connectivity index (χ4n) is 1.34. The molecule has 0 unspecified atom stereocenters. The third kappa shape index (κ3) is 1.63. The van der Waals surface area contributed by atoms with Crippen molar-refractivity contribution in [2.24, 2.45) is 5.41 Å². The Labute approximate surface area is 75.8 Å². The third-order valence-electron chi connectivity index (χ3n) is 3.03. The van der Waals surface area contributed by atoms with Crippen LogP contribution in [0.25, 0.3) is 0 Å². The van der Waals surface area contributed by atoms with Crippen LogP contribution in [-0.2, 0) is 0 Å². The van der Waals surface area contributed by atoms with Crippen LogP contribution in [0.2, 0.25) is 0 Å². The molecule has 0 fully saturated rings. The highest BCUT2D eigenvalue weighted by molar-refractivity contribution is 5.16. The molecule has 0 aliphatic carbocycles. The van der Waals surface area contributed by atoms with Crippen molar-refractivity contribution >= 4 is 0 Å². The molecule has 0 bridgehead atoms. The van der Waals surface area contributed by atoms with Crippen molar-refractivity contribution in [3.63, 3.8) is 0 Å². The molecule has 2 nitrogen and oxygen atoms in total. The van der Waals surface area contributed by atoms with E-state index in [9.17, 15) is 0 Å². The zero-order chi connectivity index (χ0) is 9.35. The molecular weight excluding hydrogens is 148 g/mol. The van der Waals surface area contributed by atoms with E-state index in [2.05, 4.69) is 51.1 Å². The van der Waals surface area contributed by atoms with Crippen LogP contribution in [0.1, 0.15) is 27.2 Å². The smallest absolute Gasteiger partial charge is 0.0410 e. The Kier molecular flexibility index (Phi) is 2.47. The Morgan fingerprint density at radius 3 is 2.33 bits per heavy atom. The lowest BCUT2D eigenvalue weighted by Crippen LogP contribution is -2.28. The Balaban J connectivity index is 2.73. The minimum absolute atomic E-state index is 0.360. The summed E-state index contributed by atoms with van der Waals surface area (Å²) < 4.78 is 0. The summed E-state index contributed by atoms with van der Waals surface area (Å²) in [5.74, 6) is 0. The Bertz CT molecular complexity index is 194.